The average Bonchev–Trinajstić information content (AvgIpc) is 3.43. The van der Waals surface area contributed by atoms with E-state index in [-0.39, 0.29) is 18.5 Å². The van der Waals surface area contributed by atoms with Gasteiger partial charge in [0.05, 0.1) is 30.4 Å². The van der Waals surface area contributed by atoms with E-state index in [0.717, 1.165) is 48.4 Å². The summed E-state index contributed by atoms with van der Waals surface area (Å²) >= 11 is 1.69. The van der Waals surface area contributed by atoms with Crippen LogP contribution in [0.15, 0.2) is 42.0 Å². The molecule has 0 radical (unpaired) electrons. The number of amides is 1. The smallest absolute Gasteiger partial charge is 0.242 e. The molecule has 1 saturated carbocycles. The molecule has 4 atom stereocenters. The van der Waals surface area contributed by atoms with Crippen molar-refractivity contribution in [2.24, 2.45) is 11.8 Å². The van der Waals surface area contributed by atoms with Gasteiger partial charge in [-0.3, -0.25) is 14.4 Å². The van der Waals surface area contributed by atoms with E-state index in [2.05, 4.69) is 20.3 Å². The van der Waals surface area contributed by atoms with Gasteiger partial charge in [0.2, 0.25) is 5.91 Å². The van der Waals surface area contributed by atoms with Crippen LogP contribution in [0.4, 0.5) is 0 Å². The minimum Gasteiger partial charge on any atom is -0.391 e. The standard InChI is InChI=1S/C21H25N5O2S/c27-19-8-16-11-25(13-21-22-5-6-29-21)10-15(16)7-17(19)24-20(28)12-26-18-4-2-1-3-14(18)9-23-26/h1-6,9,15-17,19,27H,7-8,10-13H2,(H,24,28)/t15-,16+,17-,19-/m0/s1. The van der Waals surface area contributed by atoms with E-state index in [0.29, 0.717) is 11.8 Å². The number of aliphatic hydroxyl groups excluding tert-OH is 1. The summed E-state index contributed by atoms with van der Waals surface area (Å²) in [5.41, 5.74) is 0.945. The number of carbonyl (C=O) groups excluding carboxylic acids is 1. The number of hydrogen-bond acceptors (Lipinski definition) is 6. The lowest BCUT2D eigenvalue weighted by Gasteiger charge is -2.35. The van der Waals surface area contributed by atoms with Crippen molar-refractivity contribution in [3.8, 4) is 0 Å². The number of aromatic nitrogens is 3. The van der Waals surface area contributed by atoms with Crippen LogP contribution in [0.5, 0.6) is 0 Å². The van der Waals surface area contributed by atoms with Crippen LogP contribution in [-0.4, -0.2) is 55.9 Å². The van der Waals surface area contributed by atoms with Crippen LogP contribution in [0.25, 0.3) is 10.9 Å². The summed E-state index contributed by atoms with van der Waals surface area (Å²) in [7, 11) is 0. The topological polar surface area (TPSA) is 83.3 Å². The highest BCUT2D eigenvalue weighted by Gasteiger charge is 2.42. The maximum atomic E-state index is 12.6. The van der Waals surface area contributed by atoms with Crippen LogP contribution in [0, 0.1) is 11.8 Å². The highest BCUT2D eigenvalue weighted by molar-refractivity contribution is 7.09. The molecule has 2 aromatic heterocycles. The molecule has 0 bridgehead atoms. The van der Waals surface area contributed by atoms with Crippen LogP contribution in [0.3, 0.4) is 0 Å². The molecule has 1 aromatic carbocycles. The van der Waals surface area contributed by atoms with Gasteiger partial charge in [0.1, 0.15) is 11.6 Å². The first-order chi connectivity index (χ1) is 14.2. The lowest BCUT2D eigenvalue weighted by molar-refractivity contribution is -0.124. The number of benzene rings is 1. The molecular weight excluding hydrogens is 386 g/mol. The first-order valence-corrected chi connectivity index (χ1v) is 11.0. The summed E-state index contributed by atoms with van der Waals surface area (Å²) < 4.78 is 1.72. The second kappa shape index (κ2) is 7.85. The Morgan fingerprint density at radius 1 is 1.24 bits per heavy atom. The second-order valence-electron chi connectivity index (χ2n) is 8.21. The SMILES string of the molecule is O=C(Cn1ncc2ccccc21)N[C@H]1C[C@H]2CN(Cc3nccs3)C[C@H]2C[C@@H]1O. The van der Waals surface area contributed by atoms with E-state index in [4.69, 9.17) is 0 Å². The zero-order valence-corrected chi connectivity index (χ0v) is 17.0. The molecule has 3 heterocycles. The summed E-state index contributed by atoms with van der Waals surface area (Å²) in [6.45, 7) is 3.06. The van der Waals surface area contributed by atoms with Crippen molar-refractivity contribution >= 4 is 28.1 Å². The third kappa shape index (κ3) is 3.92. The molecule has 8 heteroatoms. The van der Waals surface area contributed by atoms with E-state index < -0.39 is 6.10 Å². The van der Waals surface area contributed by atoms with Crippen LogP contribution in [0.2, 0.25) is 0 Å². The fourth-order valence-corrected chi connectivity index (χ4v) is 5.53. The summed E-state index contributed by atoms with van der Waals surface area (Å²) in [4.78, 5) is 19.5. The summed E-state index contributed by atoms with van der Waals surface area (Å²) in [6, 6.07) is 7.67. The minimum absolute atomic E-state index is 0.0982. The molecular formula is C21H25N5O2S. The molecule has 0 spiro atoms. The molecule has 7 nitrogen and oxygen atoms in total. The lowest BCUT2D eigenvalue weighted by atomic mass is 9.77. The predicted octanol–water partition coefficient (Wildman–Crippen LogP) is 1.88. The number of fused-ring (bicyclic) bond motifs is 2. The minimum atomic E-state index is -0.491. The van der Waals surface area contributed by atoms with Gasteiger partial charge in [-0.15, -0.1) is 11.3 Å². The zero-order valence-electron chi connectivity index (χ0n) is 16.1. The maximum Gasteiger partial charge on any atom is 0.242 e. The number of hydrogen-bond donors (Lipinski definition) is 2. The normalized spacial score (nSPS) is 27.2. The van der Waals surface area contributed by atoms with Gasteiger partial charge >= 0.3 is 0 Å². The molecule has 2 N–H and O–H groups in total. The van der Waals surface area contributed by atoms with Crippen molar-refractivity contribution in [3.05, 3.63) is 47.0 Å². The average molecular weight is 412 g/mol. The monoisotopic (exact) mass is 411 g/mol. The largest absolute Gasteiger partial charge is 0.391 e. The molecule has 3 aromatic rings. The molecule has 0 unspecified atom stereocenters. The summed E-state index contributed by atoms with van der Waals surface area (Å²) in [5.74, 6) is 0.904. The van der Waals surface area contributed by atoms with Gasteiger partial charge in [0, 0.05) is 30.1 Å². The second-order valence-corrected chi connectivity index (χ2v) is 9.19. The van der Waals surface area contributed by atoms with Gasteiger partial charge in [-0.1, -0.05) is 18.2 Å². The number of carbonyl (C=O) groups is 1. The number of aliphatic hydroxyl groups is 1. The van der Waals surface area contributed by atoms with E-state index in [9.17, 15) is 9.90 Å². The van der Waals surface area contributed by atoms with Crippen LogP contribution in [0.1, 0.15) is 17.8 Å². The van der Waals surface area contributed by atoms with E-state index in [1.165, 1.54) is 0 Å². The molecule has 5 rings (SSSR count). The van der Waals surface area contributed by atoms with Crippen molar-refractivity contribution in [3.63, 3.8) is 0 Å². The Kier molecular flexibility index (Phi) is 5.07. The van der Waals surface area contributed by atoms with Gasteiger partial charge in [-0.05, 0) is 30.7 Å². The fraction of sp³-hybridized carbons (Fsp3) is 0.476. The highest BCUT2D eigenvalue weighted by Crippen LogP contribution is 2.37. The Morgan fingerprint density at radius 2 is 2.07 bits per heavy atom. The van der Waals surface area contributed by atoms with Gasteiger partial charge in [0.15, 0.2) is 0 Å². The number of para-hydroxylation sites is 1. The van der Waals surface area contributed by atoms with Crippen molar-refractivity contribution < 1.29 is 9.90 Å². The van der Waals surface area contributed by atoms with E-state index in [1.54, 1.807) is 22.2 Å². The number of nitrogens with one attached hydrogen (secondary N) is 1. The predicted molar refractivity (Wildman–Crippen MR) is 111 cm³/mol. The quantitative estimate of drug-likeness (QED) is 0.670. The first-order valence-electron chi connectivity index (χ1n) is 10.1. The Hall–Kier alpha value is -2.29. The number of nitrogens with zero attached hydrogens (tertiary/aromatic N) is 4. The molecule has 2 fully saturated rings. The summed E-state index contributed by atoms with van der Waals surface area (Å²) in [5, 5.41) is 22.2. The molecule has 1 amide bonds. The van der Waals surface area contributed by atoms with E-state index >= 15 is 0 Å². The Balaban J connectivity index is 1.19. The molecule has 2 aliphatic rings. The molecule has 1 aliphatic carbocycles. The number of thiazole rings is 1. The fourth-order valence-electron chi connectivity index (χ4n) is 4.87. The van der Waals surface area contributed by atoms with Gasteiger partial charge in [0.25, 0.3) is 0 Å². The van der Waals surface area contributed by atoms with Crippen LogP contribution < -0.4 is 5.32 Å². The van der Waals surface area contributed by atoms with Crippen molar-refractivity contribution in [1.82, 2.24) is 25.0 Å². The van der Waals surface area contributed by atoms with Crippen LogP contribution in [-0.2, 0) is 17.9 Å². The molecule has 1 saturated heterocycles. The lowest BCUT2D eigenvalue weighted by Crippen LogP contribution is -2.50. The Morgan fingerprint density at radius 3 is 2.90 bits per heavy atom. The number of rotatable bonds is 5. The van der Waals surface area contributed by atoms with Crippen molar-refractivity contribution in [2.45, 2.75) is 38.1 Å². The first kappa shape index (κ1) is 18.7. The molecule has 152 valence electrons. The third-order valence-corrected chi connectivity index (χ3v) is 7.01. The Bertz CT molecular complexity index is 988. The third-order valence-electron chi connectivity index (χ3n) is 6.25. The van der Waals surface area contributed by atoms with Crippen molar-refractivity contribution in [1.29, 1.82) is 0 Å². The van der Waals surface area contributed by atoms with E-state index in [1.807, 2.05) is 35.8 Å². The summed E-state index contributed by atoms with van der Waals surface area (Å²) in [6.07, 6.45) is 4.70. The van der Waals surface area contributed by atoms with Crippen LogP contribution >= 0.6 is 11.3 Å². The zero-order chi connectivity index (χ0) is 19.8. The van der Waals surface area contributed by atoms with Gasteiger partial charge in [-0.25, -0.2) is 4.98 Å². The number of likely N-dealkylation sites (tertiary alicyclic amines) is 1. The molecule has 29 heavy (non-hydrogen) atoms. The Labute approximate surface area is 173 Å². The highest BCUT2D eigenvalue weighted by atomic mass is 32.1. The van der Waals surface area contributed by atoms with Gasteiger partial charge in [-0.2, -0.15) is 5.10 Å². The molecule has 1 aliphatic heterocycles. The maximum absolute atomic E-state index is 12.6. The van der Waals surface area contributed by atoms with Gasteiger partial charge < -0.3 is 10.4 Å². The van der Waals surface area contributed by atoms with Crippen molar-refractivity contribution in [2.75, 3.05) is 13.1 Å².